The minimum Gasteiger partial charge on any atom is -0.383 e. The van der Waals surface area contributed by atoms with E-state index in [1.54, 1.807) is 25.2 Å². The first-order chi connectivity index (χ1) is 10.0. The van der Waals surface area contributed by atoms with Crippen molar-refractivity contribution in [3.05, 3.63) is 38.3 Å². The number of rotatable bonds is 8. The molecule has 0 atom stereocenters. The molecule has 0 bridgehead atoms. The lowest BCUT2D eigenvalue weighted by Crippen LogP contribution is -2.36. The summed E-state index contributed by atoms with van der Waals surface area (Å²) < 4.78 is 10.3. The Bertz CT molecular complexity index is 501. The molecule has 1 rings (SSSR count). The molecule has 0 heterocycles. The maximum atomic E-state index is 12.4. The second kappa shape index (κ2) is 8.71. The molecule has 1 aromatic rings. The van der Waals surface area contributed by atoms with E-state index in [2.05, 4.69) is 15.9 Å². The fourth-order valence-corrected chi connectivity index (χ4v) is 2.08. The van der Waals surface area contributed by atoms with Crippen molar-refractivity contribution < 1.29 is 19.2 Å². The van der Waals surface area contributed by atoms with E-state index in [1.807, 2.05) is 0 Å². The van der Waals surface area contributed by atoms with Gasteiger partial charge in [0.05, 0.1) is 22.6 Å². The Morgan fingerprint density at radius 3 is 2.33 bits per heavy atom. The molecule has 116 valence electrons. The van der Waals surface area contributed by atoms with Gasteiger partial charge >= 0.3 is 0 Å². The van der Waals surface area contributed by atoms with Crippen molar-refractivity contribution in [2.75, 3.05) is 40.5 Å². The van der Waals surface area contributed by atoms with E-state index in [4.69, 9.17) is 9.47 Å². The first-order valence-electron chi connectivity index (χ1n) is 6.22. The van der Waals surface area contributed by atoms with Crippen molar-refractivity contribution in [1.29, 1.82) is 0 Å². The van der Waals surface area contributed by atoms with E-state index in [-0.39, 0.29) is 17.2 Å². The number of benzene rings is 1. The molecule has 0 N–H and O–H groups in total. The van der Waals surface area contributed by atoms with Crippen molar-refractivity contribution >= 4 is 27.5 Å². The zero-order valence-electron chi connectivity index (χ0n) is 11.9. The van der Waals surface area contributed by atoms with E-state index in [0.717, 1.165) is 0 Å². The van der Waals surface area contributed by atoms with Gasteiger partial charge in [-0.25, -0.2) is 0 Å². The first-order valence-corrected chi connectivity index (χ1v) is 7.01. The number of halogens is 1. The molecule has 1 aromatic carbocycles. The van der Waals surface area contributed by atoms with Crippen LogP contribution in [0.2, 0.25) is 0 Å². The fraction of sp³-hybridized carbons (Fsp3) is 0.462. The number of hydrogen-bond acceptors (Lipinski definition) is 5. The van der Waals surface area contributed by atoms with Crippen molar-refractivity contribution in [3.63, 3.8) is 0 Å². The molecule has 0 saturated carbocycles. The summed E-state index contributed by atoms with van der Waals surface area (Å²) in [6.45, 7) is 1.55. The summed E-state index contributed by atoms with van der Waals surface area (Å²) in [6.07, 6.45) is 0. The minimum absolute atomic E-state index is 0.140. The Balaban J connectivity index is 2.96. The van der Waals surface area contributed by atoms with Crippen LogP contribution >= 0.6 is 15.9 Å². The zero-order chi connectivity index (χ0) is 15.8. The van der Waals surface area contributed by atoms with Crippen LogP contribution in [0.25, 0.3) is 0 Å². The SMILES string of the molecule is COCCN(CCOC)C(=O)c1ccc(Br)c([N+](=O)[O-])c1. The van der Waals surface area contributed by atoms with E-state index < -0.39 is 4.92 Å². The third-order valence-electron chi connectivity index (χ3n) is 2.81. The third kappa shape index (κ3) is 5.07. The number of amides is 1. The van der Waals surface area contributed by atoms with Crippen LogP contribution in [0.1, 0.15) is 10.4 Å². The monoisotopic (exact) mass is 360 g/mol. The molecule has 7 nitrogen and oxygen atoms in total. The largest absolute Gasteiger partial charge is 0.383 e. The van der Waals surface area contributed by atoms with E-state index >= 15 is 0 Å². The van der Waals surface area contributed by atoms with E-state index in [1.165, 1.54) is 12.1 Å². The van der Waals surface area contributed by atoms with Crippen molar-refractivity contribution in [2.24, 2.45) is 0 Å². The van der Waals surface area contributed by atoms with Crippen LogP contribution in [0.3, 0.4) is 0 Å². The average Bonchev–Trinajstić information content (AvgIpc) is 2.47. The summed E-state index contributed by atoms with van der Waals surface area (Å²) in [7, 11) is 3.09. The van der Waals surface area contributed by atoms with Crippen LogP contribution in [-0.2, 0) is 9.47 Å². The quantitative estimate of drug-likeness (QED) is 0.523. The maximum Gasteiger partial charge on any atom is 0.284 e. The van der Waals surface area contributed by atoms with Crippen LogP contribution in [0.5, 0.6) is 0 Å². The average molecular weight is 361 g/mol. The topological polar surface area (TPSA) is 81.9 Å². The van der Waals surface area contributed by atoms with Crippen LogP contribution in [0.15, 0.2) is 22.7 Å². The molecule has 0 aliphatic heterocycles. The van der Waals surface area contributed by atoms with Crippen molar-refractivity contribution in [1.82, 2.24) is 4.90 Å². The molecular weight excluding hydrogens is 344 g/mol. The van der Waals surface area contributed by atoms with Gasteiger partial charge < -0.3 is 14.4 Å². The van der Waals surface area contributed by atoms with Crippen LogP contribution in [-0.4, -0.2) is 56.3 Å². The third-order valence-corrected chi connectivity index (χ3v) is 3.48. The normalized spacial score (nSPS) is 10.4. The predicted molar refractivity (Wildman–Crippen MR) is 80.5 cm³/mol. The Hall–Kier alpha value is -1.51. The smallest absolute Gasteiger partial charge is 0.284 e. The summed E-state index contributed by atoms with van der Waals surface area (Å²) in [4.78, 5) is 24.4. The molecule has 0 spiro atoms. The lowest BCUT2D eigenvalue weighted by molar-refractivity contribution is -0.385. The van der Waals surface area contributed by atoms with Gasteiger partial charge in [0.2, 0.25) is 0 Å². The van der Waals surface area contributed by atoms with Crippen LogP contribution < -0.4 is 0 Å². The molecule has 0 saturated heterocycles. The number of carbonyl (C=O) groups excluding carboxylic acids is 1. The highest BCUT2D eigenvalue weighted by Crippen LogP contribution is 2.26. The Kier molecular flexibility index (Phi) is 7.27. The van der Waals surface area contributed by atoms with Crippen LogP contribution in [0, 0.1) is 10.1 Å². The highest BCUT2D eigenvalue weighted by molar-refractivity contribution is 9.10. The predicted octanol–water partition coefficient (Wildman–Crippen LogP) is 2.09. The molecule has 0 aromatic heterocycles. The highest BCUT2D eigenvalue weighted by Gasteiger charge is 2.20. The number of nitrogens with zero attached hydrogens (tertiary/aromatic N) is 2. The first kappa shape index (κ1) is 17.5. The number of hydrogen-bond donors (Lipinski definition) is 0. The molecular formula is C13H17BrN2O5. The van der Waals surface area contributed by atoms with Crippen molar-refractivity contribution in [2.45, 2.75) is 0 Å². The molecule has 0 radical (unpaired) electrons. The summed E-state index contributed by atoms with van der Waals surface area (Å²) in [5.41, 5.74) is 0.122. The van der Waals surface area contributed by atoms with Gasteiger partial charge in [-0.3, -0.25) is 14.9 Å². The minimum atomic E-state index is -0.532. The molecule has 1 amide bonds. The van der Waals surface area contributed by atoms with Gasteiger partial charge in [-0.2, -0.15) is 0 Å². The van der Waals surface area contributed by atoms with Crippen LogP contribution in [0.4, 0.5) is 5.69 Å². The number of ether oxygens (including phenoxy) is 2. The summed E-state index contributed by atoms with van der Waals surface area (Å²) in [5, 5.41) is 10.9. The number of nitro benzene ring substituents is 1. The lowest BCUT2D eigenvalue weighted by Gasteiger charge is -2.22. The van der Waals surface area contributed by atoms with Crippen molar-refractivity contribution in [3.8, 4) is 0 Å². The molecule has 0 fully saturated rings. The van der Waals surface area contributed by atoms with Gasteiger partial charge in [0, 0.05) is 38.9 Å². The maximum absolute atomic E-state index is 12.4. The van der Waals surface area contributed by atoms with Gasteiger partial charge in [0.25, 0.3) is 11.6 Å². The zero-order valence-corrected chi connectivity index (χ0v) is 13.5. The Labute approximate surface area is 131 Å². The Morgan fingerprint density at radius 2 is 1.86 bits per heavy atom. The van der Waals surface area contributed by atoms with E-state index in [0.29, 0.717) is 30.8 Å². The van der Waals surface area contributed by atoms with Gasteiger partial charge in [-0.15, -0.1) is 0 Å². The molecule has 0 aliphatic rings. The summed E-state index contributed by atoms with van der Waals surface area (Å²) >= 11 is 3.09. The number of nitro groups is 1. The van der Waals surface area contributed by atoms with Gasteiger partial charge in [0.1, 0.15) is 0 Å². The molecule has 21 heavy (non-hydrogen) atoms. The second-order valence-electron chi connectivity index (χ2n) is 4.20. The molecule has 0 aliphatic carbocycles. The number of methoxy groups -OCH3 is 2. The van der Waals surface area contributed by atoms with Gasteiger partial charge in [0.15, 0.2) is 0 Å². The standard InChI is InChI=1S/C13H17BrN2O5/c1-20-7-5-15(6-8-21-2)13(17)10-3-4-11(14)12(9-10)16(18)19/h3-4,9H,5-8H2,1-2H3. The molecule has 8 heteroatoms. The Morgan fingerprint density at radius 1 is 1.29 bits per heavy atom. The second-order valence-corrected chi connectivity index (χ2v) is 5.06. The van der Waals surface area contributed by atoms with Gasteiger partial charge in [-0.1, -0.05) is 0 Å². The molecule has 0 unspecified atom stereocenters. The van der Waals surface area contributed by atoms with Gasteiger partial charge in [-0.05, 0) is 28.1 Å². The summed E-state index contributed by atoms with van der Waals surface area (Å²) in [5.74, 6) is -0.292. The van der Waals surface area contributed by atoms with E-state index in [9.17, 15) is 14.9 Å². The fourth-order valence-electron chi connectivity index (χ4n) is 1.69. The lowest BCUT2D eigenvalue weighted by atomic mass is 10.1. The highest BCUT2D eigenvalue weighted by atomic mass is 79.9. The number of carbonyl (C=O) groups is 1. The summed E-state index contributed by atoms with van der Waals surface area (Å²) in [6, 6.07) is 4.31.